The molecular weight excluding hydrogens is 526 g/mol. The molecule has 11 heteroatoms. The zero-order chi connectivity index (χ0) is 29.4. The van der Waals surface area contributed by atoms with Crippen molar-refractivity contribution >= 4 is 23.6 Å². The Morgan fingerprint density at radius 2 is 1.76 bits per heavy atom. The van der Waals surface area contributed by atoms with Gasteiger partial charge in [0.2, 0.25) is 17.7 Å². The van der Waals surface area contributed by atoms with Crippen LogP contribution in [0.3, 0.4) is 0 Å². The second-order valence-corrected chi connectivity index (χ2v) is 10.4. The number of fused-ring (bicyclic) bond motifs is 2. The minimum atomic E-state index is -0.930. The van der Waals surface area contributed by atoms with E-state index < -0.39 is 41.8 Å². The maximum Gasteiger partial charge on any atom is 0.273 e. The molecule has 0 saturated carbocycles. The molecule has 2 aromatic carbocycles. The third kappa shape index (κ3) is 7.93. The summed E-state index contributed by atoms with van der Waals surface area (Å²) in [6.45, 7) is 3.96. The number of phenolic OH excluding ortho intramolecular Hbond substituents is 1. The van der Waals surface area contributed by atoms with Crippen LogP contribution in [0.5, 0.6) is 5.75 Å². The number of oxazole rings is 1. The van der Waals surface area contributed by atoms with Gasteiger partial charge in [-0.15, -0.1) is 0 Å². The van der Waals surface area contributed by atoms with Gasteiger partial charge < -0.3 is 30.8 Å². The lowest BCUT2D eigenvalue weighted by Gasteiger charge is -2.27. The number of rotatable bonds is 5. The highest BCUT2D eigenvalue weighted by Gasteiger charge is 2.32. The van der Waals surface area contributed by atoms with Gasteiger partial charge in [-0.1, -0.05) is 44.2 Å². The third-order valence-electron chi connectivity index (χ3n) is 6.86. The summed E-state index contributed by atoms with van der Waals surface area (Å²) in [5.74, 6) is -1.94. The summed E-state index contributed by atoms with van der Waals surface area (Å²) < 4.78 is 5.63. The van der Waals surface area contributed by atoms with E-state index in [1.54, 1.807) is 0 Å². The molecule has 1 aliphatic heterocycles. The fourth-order valence-corrected chi connectivity index (χ4v) is 4.54. The molecule has 1 aromatic heterocycles. The number of hydrogen-bond donors (Lipinski definition) is 5. The number of phenols is 1. The average molecular weight is 562 g/mol. The molecule has 5 N–H and O–H groups in total. The Labute approximate surface area is 238 Å². The normalized spacial score (nSPS) is 20.6. The van der Waals surface area contributed by atoms with Crippen LogP contribution < -0.4 is 21.3 Å². The molecule has 2 heterocycles. The Kier molecular flexibility index (Phi) is 9.73. The van der Waals surface area contributed by atoms with E-state index in [1.165, 1.54) is 30.5 Å². The highest BCUT2D eigenvalue weighted by molar-refractivity contribution is 5.98. The molecule has 41 heavy (non-hydrogen) atoms. The Hall–Kier alpha value is -4.67. The first-order valence-electron chi connectivity index (χ1n) is 13.7. The SMILES string of the molecule is CC(C)[C@@H]1NC(=O)[C@@H](NC(=O)c2ccc(O)cc2)CCCCNC(=O)c2coc(n2)[C@@H](Cc2ccccc2)NC1=O. The van der Waals surface area contributed by atoms with E-state index in [1.807, 2.05) is 44.2 Å². The van der Waals surface area contributed by atoms with Gasteiger partial charge in [-0.3, -0.25) is 19.2 Å². The number of aromatic nitrogens is 1. The highest BCUT2D eigenvalue weighted by atomic mass is 16.3. The van der Waals surface area contributed by atoms with Crippen LogP contribution in [0.4, 0.5) is 0 Å². The molecule has 0 radical (unpaired) electrons. The number of carbonyl (C=O) groups is 4. The molecule has 4 amide bonds. The van der Waals surface area contributed by atoms with Gasteiger partial charge in [0.1, 0.15) is 30.1 Å². The second-order valence-electron chi connectivity index (χ2n) is 10.4. The molecule has 0 fully saturated rings. The van der Waals surface area contributed by atoms with Gasteiger partial charge in [0.25, 0.3) is 11.8 Å². The van der Waals surface area contributed by atoms with Crippen molar-refractivity contribution in [2.24, 2.45) is 5.92 Å². The monoisotopic (exact) mass is 561 g/mol. The number of benzene rings is 2. The third-order valence-corrected chi connectivity index (χ3v) is 6.86. The topological polar surface area (TPSA) is 163 Å². The predicted molar refractivity (Wildman–Crippen MR) is 150 cm³/mol. The Morgan fingerprint density at radius 1 is 1.02 bits per heavy atom. The first kappa shape index (κ1) is 29.3. The highest BCUT2D eigenvalue weighted by Crippen LogP contribution is 2.20. The lowest BCUT2D eigenvalue weighted by atomic mass is 10.00. The second kappa shape index (κ2) is 13.6. The van der Waals surface area contributed by atoms with E-state index in [4.69, 9.17) is 4.42 Å². The van der Waals surface area contributed by atoms with Gasteiger partial charge in [-0.25, -0.2) is 4.98 Å². The van der Waals surface area contributed by atoms with Crippen LogP contribution in [0, 0.1) is 5.92 Å². The number of aromatic hydroxyl groups is 1. The van der Waals surface area contributed by atoms with Crippen molar-refractivity contribution in [3.05, 3.63) is 83.6 Å². The Bertz CT molecular complexity index is 1360. The molecule has 3 aromatic rings. The molecule has 0 unspecified atom stereocenters. The van der Waals surface area contributed by atoms with Gasteiger partial charge in [0.15, 0.2) is 5.69 Å². The van der Waals surface area contributed by atoms with Gasteiger partial charge in [0, 0.05) is 18.5 Å². The van der Waals surface area contributed by atoms with E-state index in [0.717, 1.165) is 5.56 Å². The van der Waals surface area contributed by atoms with Crippen LogP contribution in [-0.4, -0.2) is 52.3 Å². The van der Waals surface area contributed by atoms with E-state index in [-0.39, 0.29) is 35.2 Å². The number of nitrogens with one attached hydrogen (secondary N) is 4. The minimum Gasteiger partial charge on any atom is -0.508 e. The number of amides is 4. The van der Waals surface area contributed by atoms with Gasteiger partial charge in [-0.05, 0) is 55.0 Å². The summed E-state index contributed by atoms with van der Waals surface area (Å²) in [4.78, 5) is 57.0. The largest absolute Gasteiger partial charge is 0.508 e. The van der Waals surface area contributed by atoms with Crippen LogP contribution in [-0.2, 0) is 16.0 Å². The summed E-state index contributed by atoms with van der Waals surface area (Å²) in [6.07, 6.45) is 2.94. The smallest absolute Gasteiger partial charge is 0.273 e. The molecule has 1 aliphatic rings. The summed E-state index contributed by atoms with van der Waals surface area (Å²) in [5, 5.41) is 20.9. The zero-order valence-electron chi connectivity index (χ0n) is 23.1. The van der Waals surface area contributed by atoms with Crippen molar-refractivity contribution in [2.75, 3.05) is 6.54 Å². The van der Waals surface area contributed by atoms with E-state index in [2.05, 4.69) is 26.3 Å². The van der Waals surface area contributed by atoms with Crippen LogP contribution >= 0.6 is 0 Å². The molecule has 216 valence electrons. The fraction of sp³-hybridized carbons (Fsp3) is 0.367. The van der Waals surface area contributed by atoms with Crippen LogP contribution in [0.1, 0.15) is 71.5 Å². The average Bonchev–Trinajstić information content (AvgIpc) is 3.45. The van der Waals surface area contributed by atoms with Crippen LogP contribution in [0.25, 0.3) is 0 Å². The number of hydrogen-bond acceptors (Lipinski definition) is 7. The Balaban J connectivity index is 1.59. The summed E-state index contributed by atoms with van der Waals surface area (Å²) in [6, 6.07) is 12.6. The molecule has 11 nitrogen and oxygen atoms in total. The Morgan fingerprint density at radius 3 is 2.46 bits per heavy atom. The lowest BCUT2D eigenvalue weighted by Crippen LogP contribution is -2.56. The summed E-state index contributed by atoms with van der Waals surface area (Å²) in [7, 11) is 0. The molecular formula is C30H35N5O6. The molecule has 2 bridgehead atoms. The predicted octanol–water partition coefficient (Wildman–Crippen LogP) is 2.63. The lowest BCUT2D eigenvalue weighted by molar-refractivity contribution is -0.131. The van der Waals surface area contributed by atoms with E-state index in [9.17, 15) is 24.3 Å². The zero-order valence-corrected chi connectivity index (χ0v) is 23.1. The first-order valence-corrected chi connectivity index (χ1v) is 13.7. The number of nitrogens with zero attached hydrogens (tertiary/aromatic N) is 1. The van der Waals surface area contributed by atoms with Gasteiger partial charge >= 0.3 is 0 Å². The van der Waals surface area contributed by atoms with Gasteiger partial charge in [0.05, 0.1) is 0 Å². The van der Waals surface area contributed by atoms with Crippen molar-refractivity contribution in [1.29, 1.82) is 0 Å². The van der Waals surface area contributed by atoms with Crippen molar-refractivity contribution in [2.45, 2.75) is 57.7 Å². The maximum atomic E-state index is 13.6. The first-order chi connectivity index (χ1) is 19.7. The fourth-order valence-electron chi connectivity index (χ4n) is 4.54. The molecule has 4 rings (SSSR count). The van der Waals surface area contributed by atoms with Crippen LogP contribution in [0.15, 0.2) is 65.3 Å². The molecule has 3 atom stereocenters. The molecule has 0 aliphatic carbocycles. The van der Waals surface area contributed by atoms with E-state index >= 15 is 0 Å². The van der Waals surface area contributed by atoms with Gasteiger partial charge in [-0.2, -0.15) is 0 Å². The van der Waals surface area contributed by atoms with Crippen molar-refractivity contribution < 1.29 is 28.7 Å². The van der Waals surface area contributed by atoms with Crippen LogP contribution in [0.2, 0.25) is 0 Å². The minimum absolute atomic E-state index is 0.0166. The summed E-state index contributed by atoms with van der Waals surface area (Å²) >= 11 is 0. The van der Waals surface area contributed by atoms with Crippen molar-refractivity contribution in [3.63, 3.8) is 0 Å². The van der Waals surface area contributed by atoms with Crippen molar-refractivity contribution in [3.8, 4) is 5.75 Å². The summed E-state index contributed by atoms with van der Waals surface area (Å²) in [5.41, 5.74) is 1.30. The standard InChI is InChI=1S/C30H35N5O6/c1-18(2)25-29(40)33-23(16-19-8-4-3-5-9-19)30-34-24(17-41-30)27(38)31-15-7-6-10-22(28(39)35-25)32-26(37)20-11-13-21(36)14-12-20/h3-5,8-9,11-14,17-18,22-23,25,36H,6-7,10,15-16H2,1-2H3,(H,31,38)(H,32,37)(H,33,40)(H,35,39)/t22-,23+,25-/m0/s1. The van der Waals surface area contributed by atoms with E-state index in [0.29, 0.717) is 25.8 Å². The maximum absolute atomic E-state index is 13.6. The van der Waals surface area contributed by atoms with Crippen molar-refractivity contribution in [1.82, 2.24) is 26.3 Å². The number of carbonyl (C=O) groups excluding carboxylic acids is 4. The quantitative estimate of drug-likeness (QED) is 0.320. The molecule has 0 saturated heterocycles. The molecule has 0 spiro atoms.